The van der Waals surface area contributed by atoms with E-state index in [9.17, 15) is 13.2 Å². The zero-order valence-electron chi connectivity index (χ0n) is 9.77. The van der Waals surface area contributed by atoms with Gasteiger partial charge in [0.15, 0.2) is 0 Å². The molecule has 96 valence electrons. The van der Waals surface area contributed by atoms with Crippen LogP contribution in [-0.4, -0.2) is 19.2 Å². The minimum Gasteiger partial charge on any atom is -0.348 e. The number of nitrogens with one attached hydrogen (secondary N) is 1. The smallest absolute Gasteiger partial charge is 0.229 e. The van der Waals surface area contributed by atoms with Gasteiger partial charge in [-0.1, -0.05) is 11.6 Å². The van der Waals surface area contributed by atoms with Crippen molar-refractivity contribution in [3.8, 4) is 0 Å². The zero-order chi connectivity index (χ0) is 13.5. The summed E-state index contributed by atoms with van der Waals surface area (Å²) in [6.07, 6.45) is 2.43. The number of benzene rings is 1. The Kier molecular flexibility index (Phi) is 3.08. The van der Waals surface area contributed by atoms with Crippen molar-refractivity contribution in [2.24, 2.45) is 7.05 Å². The molecule has 0 bridgehead atoms. The summed E-state index contributed by atoms with van der Waals surface area (Å²) in [6.45, 7) is 0. The molecule has 0 fully saturated rings. The molecule has 1 aromatic carbocycles. The number of sulfonamides is 1. The van der Waals surface area contributed by atoms with Crippen LogP contribution in [0.2, 0.25) is 5.02 Å². The molecular weight excluding hydrogens is 276 g/mol. The molecule has 2 aromatic rings. The topological polar surface area (TPSA) is 68.2 Å². The van der Waals surface area contributed by atoms with Gasteiger partial charge in [0, 0.05) is 23.7 Å². The summed E-state index contributed by atoms with van der Waals surface area (Å²) < 4.78 is 26.2. The van der Waals surface area contributed by atoms with Crippen molar-refractivity contribution in [2.75, 3.05) is 11.0 Å². The van der Waals surface area contributed by atoms with E-state index in [4.69, 9.17) is 11.6 Å². The number of halogens is 1. The third-order valence-electron chi connectivity index (χ3n) is 2.45. The Morgan fingerprint density at radius 3 is 2.61 bits per heavy atom. The second-order valence-corrected chi connectivity index (χ2v) is 6.20. The maximum Gasteiger partial charge on any atom is 0.229 e. The predicted octanol–water partition coefficient (Wildman–Crippen LogP) is 1.56. The average molecular weight is 287 g/mol. The van der Waals surface area contributed by atoms with Crippen molar-refractivity contribution in [1.29, 1.82) is 0 Å². The Bertz CT molecular complexity index is 781. The third-order valence-corrected chi connectivity index (χ3v) is 3.27. The quantitative estimate of drug-likeness (QED) is 0.911. The molecule has 2 rings (SSSR count). The number of aryl methyl sites for hydroxylation is 1. The van der Waals surface area contributed by atoms with Crippen LogP contribution in [0.4, 0.5) is 5.69 Å². The summed E-state index contributed by atoms with van der Waals surface area (Å²) in [4.78, 5) is 12.1. The van der Waals surface area contributed by atoms with Gasteiger partial charge in [-0.05, 0) is 18.2 Å². The number of rotatable bonds is 2. The number of aromatic nitrogens is 1. The normalized spacial score (nSPS) is 11.7. The van der Waals surface area contributed by atoms with Crippen LogP contribution in [0, 0.1) is 0 Å². The van der Waals surface area contributed by atoms with Crippen LogP contribution in [0.5, 0.6) is 0 Å². The number of hydrogen-bond acceptors (Lipinski definition) is 3. The highest BCUT2D eigenvalue weighted by Gasteiger charge is 2.11. The van der Waals surface area contributed by atoms with Gasteiger partial charge in [-0.3, -0.25) is 9.52 Å². The maximum absolute atomic E-state index is 12.1. The molecule has 5 nitrogen and oxygen atoms in total. The minimum absolute atomic E-state index is 0.0230. The summed E-state index contributed by atoms with van der Waals surface area (Å²) in [7, 11) is -1.77. The number of hydrogen-bond donors (Lipinski definition) is 1. The summed E-state index contributed by atoms with van der Waals surface area (Å²) >= 11 is 5.86. The molecule has 0 spiro atoms. The minimum atomic E-state index is -3.48. The molecule has 0 aliphatic heterocycles. The van der Waals surface area contributed by atoms with Crippen molar-refractivity contribution >= 4 is 38.2 Å². The highest BCUT2D eigenvalue weighted by molar-refractivity contribution is 7.92. The van der Waals surface area contributed by atoms with Gasteiger partial charge in [-0.25, -0.2) is 8.42 Å². The van der Waals surface area contributed by atoms with Crippen molar-refractivity contribution < 1.29 is 8.42 Å². The molecule has 18 heavy (non-hydrogen) atoms. The molecular formula is C11H11ClN2O3S. The fourth-order valence-corrected chi connectivity index (χ4v) is 2.44. The van der Waals surface area contributed by atoms with E-state index >= 15 is 0 Å². The maximum atomic E-state index is 12.1. The summed E-state index contributed by atoms with van der Waals surface area (Å²) in [5, 5.41) is 0.928. The van der Waals surface area contributed by atoms with E-state index in [1.54, 1.807) is 29.8 Å². The predicted molar refractivity (Wildman–Crippen MR) is 72.7 cm³/mol. The first-order chi connectivity index (χ1) is 8.28. The first kappa shape index (κ1) is 12.9. The van der Waals surface area contributed by atoms with Crippen molar-refractivity contribution in [3.05, 3.63) is 39.6 Å². The Morgan fingerprint density at radius 1 is 1.33 bits per heavy atom. The Labute approximate surface area is 109 Å². The van der Waals surface area contributed by atoms with Gasteiger partial charge in [0.25, 0.3) is 0 Å². The van der Waals surface area contributed by atoms with Crippen molar-refractivity contribution in [2.45, 2.75) is 0 Å². The standard InChI is InChI=1S/C11H11ClN2O3S/c1-14-6-9(13-18(2,16)17)11(15)8-4-3-7(12)5-10(8)14/h3-6,13H,1-2H3. The molecule has 0 unspecified atom stereocenters. The number of pyridine rings is 1. The fraction of sp³-hybridized carbons (Fsp3) is 0.182. The molecule has 0 saturated carbocycles. The zero-order valence-corrected chi connectivity index (χ0v) is 11.3. The molecule has 0 radical (unpaired) electrons. The third kappa shape index (κ3) is 2.49. The lowest BCUT2D eigenvalue weighted by Gasteiger charge is -2.09. The summed E-state index contributed by atoms with van der Waals surface area (Å²) in [5.41, 5.74) is 0.298. The number of anilines is 1. The monoisotopic (exact) mass is 286 g/mol. The number of fused-ring (bicyclic) bond motifs is 1. The van der Waals surface area contributed by atoms with Crippen molar-refractivity contribution in [3.63, 3.8) is 0 Å². The van der Waals surface area contributed by atoms with E-state index in [-0.39, 0.29) is 11.1 Å². The number of nitrogens with zero attached hydrogens (tertiary/aromatic N) is 1. The van der Waals surface area contributed by atoms with E-state index in [1.807, 2.05) is 0 Å². The van der Waals surface area contributed by atoms with Crippen LogP contribution in [0.15, 0.2) is 29.2 Å². The van der Waals surface area contributed by atoms with E-state index in [0.717, 1.165) is 6.26 Å². The van der Waals surface area contributed by atoms with Gasteiger partial charge in [-0.15, -0.1) is 0 Å². The van der Waals surface area contributed by atoms with Crippen LogP contribution in [0.1, 0.15) is 0 Å². The van der Waals surface area contributed by atoms with Gasteiger partial charge in [0.05, 0.1) is 11.8 Å². The van der Waals surface area contributed by atoms with Gasteiger partial charge in [-0.2, -0.15) is 0 Å². The Balaban J connectivity index is 2.77. The summed E-state index contributed by atoms with van der Waals surface area (Å²) in [5.74, 6) is 0. The van der Waals surface area contributed by atoms with E-state index in [0.29, 0.717) is 15.9 Å². The molecule has 0 saturated heterocycles. The Morgan fingerprint density at radius 2 is 2.00 bits per heavy atom. The van der Waals surface area contributed by atoms with Crippen LogP contribution >= 0.6 is 11.6 Å². The molecule has 1 N–H and O–H groups in total. The second kappa shape index (κ2) is 4.29. The molecule has 0 atom stereocenters. The fourth-order valence-electron chi connectivity index (χ4n) is 1.73. The van der Waals surface area contributed by atoms with Crippen LogP contribution in [0.3, 0.4) is 0 Å². The molecule has 0 aliphatic rings. The highest BCUT2D eigenvalue weighted by Crippen LogP contribution is 2.18. The average Bonchev–Trinajstić information content (AvgIpc) is 2.23. The highest BCUT2D eigenvalue weighted by atomic mass is 35.5. The molecule has 1 aromatic heterocycles. The van der Waals surface area contributed by atoms with Gasteiger partial charge >= 0.3 is 0 Å². The lowest BCUT2D eigenvalue weighted by molar-refractivity contribution is 0.606. The van der Waals surface area contributed by atoms with Crippen LogP contribution < -0.4 is 10.2 Å². The molecule has 0 aliphatic carbocycles. The molecule has 1 heterocycles. The lowest BCUT2D eigenvalue weighted by Crippen LogP contribution is -2.19. The van der Waals surface area contributed by atoms with E-state index < -0.39 is 10.0 Å². The lowest BCUT2D eigenvalue weighted by atomic mass is 10.2. The van der Waals surface area contributed by atoms with E-state index in [2.05, 4.69) is 4.72 Å². The largest absolute Gasteiger partial charge is 0.348 e. The first-order valence-electron chi connectivity index (χ1n) is 5.04. The van der Waals surface area contributed by atoms with Crippen LogP contribution in [-0.2, 0) is 17.1 Å². The van der Waals surface area contributed by atoms with Gasteiger partial charge in [0.2, 0.25) is 15.5 Å². The SMILES string of the molecule is Cn1cc(NS(C)(=O)=O)c(=O)c2ccc(Cl)cc21. The Hall–Kier alpha value is -1.53. The summed E-state index contributed by atoms with van der Waals surface area (Å²) in [6, 6.07) is 4.82. The van der Waals surface area contributed by atoms with Crippen molar-refractivity contribution in [1.82, 2.24) is 4.57 Å². The van der Waals surface area contributed by atoms with E-state index in [1.165, 1.54) is 6.20 Å². The van der Waals surface area contributed by atoms with Gasteiger partial charge in [0.1, 0.15) is 5.69 Å². The first-order valence-corrected chi connectivity index (χ1v) is 7.31. The second-order valence-electron chi connectivity index (χ2n) is 4.02. The van der Waals surface area contributed by atoms with Crippen LogP contribution in [0.25, 0.3) is 10.9 Å². The van der Waals surface area contributed by atoms with Gasteiger partial charge < -0.3 is 4.57 Å². The molecule has 0 amide bonds. The molecule has 7 heteroatoms.